The zero-order valence-corrected chi connectivity index (χ0v) is 12.1. The summed E-state index contributed by atoms with van der Waals surface area (Å²) in [6.45, 7) is 2.00. The van der Waals surface area contributed by atoms with Crippen molar-refractivity contribution < 1.29 is 9.21 Å². The maximum atomic E-state index is 11.1. The molecule has 3 rings (SSSR count). The number of fused-ring (bicyclic) bond motifs is 1. The van der Waals surface area contributed by atoms with Gasteiger partial charge in [-0.2, -0.15) is 0 Å². The maximum Gasteiger partial charge on any atom is 0.318 e. The van der Waals surface area contributed by atoms with E-state index < -0.39 is 6.03 Å². The minimum absolute atomic E-state index is 0.326. The number of aryl methyl sites for hydroxylation is 1. The van der Waals surface area contributed by atoms with Gasteiger partial charge >= 0.3 is 6.03 Å². The Kier molecular flexibility index (Phi) is 3.31. The molecule has 0 saturated heterocycles. The number of primary amides is 1. The van der Waals surface area contributed by atoms with Crippen molar-refractivity contribution in [1.82, 2.24) is 0 Å². The highest BCUT2D eigenvalue weighted by atomic mass is 35.5. The fourth-order valence-electron chi connectivity index (χ4n) is 2.35. The predicted molar refractivity (Wildman–Crippen MR) is 84.6 cm³/mol. The molecule has 3 aromatic rings. The number of hydrogen-bond acceptors (Lipinski definition) is 2. The van der Waals surface area contributed by atoms with Crippen molar-refractivity contribution in [2.75, 3.05) is 5.32 Å². The highest BCUT2D eigenvalue weighted by Crippen LogP contribution is 2.39. The lowest BCUT2D eigenvalue weighted by molar-refractivity contribution is 0.259. The molecule has 0 saturated carbocycles. The molecule has 0 bridgehead atoms. The molecule has 0 unspecified atom stereocenters. The Labute approximate surface area is 126 Å². The van der Waals surface area contributed by atoms with Gasteiger partial charge in [-0.05, 0) is 30.7 Å². The minimum atomic E-state index is -0.670. The smallest absolute Gasteiger partial charge is 0.318 e. The van der Waals surface area contributed by atoms with Gasteiger partial charge in [-0.3, -0.25) is 5.32 Å². The second-order valence-corrected chi connectivity index (χ2v) is 5.19. The van der Waals surface area contributed by atoms with Crippen molar-refractivity contribution in [3.8, 4) is 11.3 Å². The molecular formula is C16H13ClN2O2. The summed E-state index contributed by atoms with van der Waals surface area (Å²) >= 11 is 6.08. The topological polar surface area (TPSA) is 68.3 Å². The van der Waals surface area contributed by atoms with E-state index in [9.17, 15) is 4.79 Å². The van der Waals surface area contributed by atoms with E-state index in [0.29, 0.717) is 16.7 Å². The second-order valence-electron chi connectivity index (χ2n) is 4.75. The number of carbonyl (C=O) groups is 1. The molecule has 5 heteroatoms. The van der Waals surface area contributed by atoms with Gasteiger partial charge in [0.2, 0.25) is 5.88 Å². The Hall–Kier alpha value is -2.46. The van der Waals surface area contributed by atoms with Crippen molar-refractivity contribution in [1.29, 1.82) is 0 Å². The third-order valence-electron chi connectivity index (χ3n) is 3.30. The van der Waals surface area contributed by atoms with Crippen LogP contribution < -0.4 is 11.1 Å². The monoisotopic (exact) mass is 300 g/mol. The van der Waals surface area contributed by atoms with Crippen LogP contribution in [0.2, 0.25) is 5.02 Å². The van der Waals surface area contributed by atoms with Crippen LogP contribution in [0.4, 0.5) is 10.7 Å². The fourth-order valence-corrected chi connectivity index (χ4v) is 2.52. The molecule has 0 spiro atoms. The molecule has 0 radical (unpaired) electrons. The molecule has 2 aromatic carbocycles. The maximum absolute atomic E-state index is 11.1. The number of carbonyl (C=O) groups excluding carboxylic acids is 1. The number of nitrogens with one attached hydrogen (secondary N) is 1. The summed E-state index contributed by atoms with van der Waals surface area (Å²) in [6.07, 6.45) is 0. The summed E-state index contributed by atoms with van der Waals surface area (Å²) in [5.74, 6) is 0.988. The Bertz CT molecular complexity index is 839. The van der Waals surface area contributed by atoms with Crippen LogP contribution >= 0.6 is 11.6 Å². The van der Waals surface area contributed by atoms with Crippen molar-refractivity contribution in [3.63, 3.8) is 0 Å². The Morgan fingerprint density at radius 1 is 1.19 bits per heavy atom. The lowest BCUT2D eigenvalue weighted by Gasteiger charge is -2.02. The molecule has 0 aliphatic carbocycles. The molecule has 0 aliphatic rings. The van der Waals surface area contributed by atoms with E-state index in [2.05, 4.69) is 5.32 Å². The summed E-state index contributed by atoms with van der Waals surface area (Å²) in [6, 6.07) is 12.5. The van der Waals surface area contributed by atoms with Gasteiger partial charge in [0.15, 0.2) is 0 Å². The third-order valence-corrected chi connectivity index (χ3v) is 3.54. The quantitative estimate of drug-likeness (QED) is 0.729. The van der Waals surface area contributed by atoms with Gasteiger partial charge in [-0.1, -0.05) is 35.9 Å². The van der Waals surface area contributed by atoms with Crippen LogP contribution in [0.1, 0.15) is 5.56 Å². The highest BCUT2D eigenvalue weighted by Gasteiger charge is 2.17. The fraction of sp³-hybridized carbons (Fsp3) is 0.0625. The predicted octanol–water partition coefficient (Wildman–Crippen LogP) is 4.55. The van der Waals surface area contributed by atoms with E-state index >= 15 is 0 Å². The summed E-state index contributed by atoms with van der Waals surface area (Å²) < 4.78 is 5.83. The Balaban J connectivity index is 2.29. The van der Waals surface area contributed by atoms with Gasteiger partial charge in [-0.25, -0.2) is 4.79 Å². The van der Waals surface area contributed by atoms with E-state index in [1.807, 2.05) is 37.3 Å². The number of amides is 2. The van der Waals surface area contributed by atoms with Gasteiger partial charge in [0.25, 0.3) is 0 Å². The molecule has 0 fully saturated rings. The third kappa shape index (κ3) is 2.45. The van der Waals surface area contributed by atoms with Crippen molar-refractivity contribution in [2.24, 2.45) is 5.73 Å². The van der Waals surface area contributed by atoms with Crippen LogP contribution in [-0.2, 0) is 0 Å². The number of rotatable bonds is 2. The van der Waals surface area contributed by atoms with Gasteiger partial charge in [0.1, 0.15) is 5.76 Å². The first kappa shape index (κ1) is 13.5. The van der Waals surface area contributed by atoms with E-state index in [-0.39, 0.29) is 0 Å². The average molecular weight is 301 g/mol. The normalized spacial score (nSPS) is 10.8. The largest absolute Gasteiger partial charge is 0.439 e. The molecule has 1 aromatic heterocycles. The zero-order valence-electron chi connectivity index (χ0n) is 11.3. The summed E-state index contributed by atoms with van der Waals surface area (Å²) in [7, 11) is 0. The molecule has 106 valence electrons. The SMILES string of the molecule is Cc1ccccc1-c1oc(NC(N)=O)c2ccc(Cl)cc12. The first-order chi connectivity index (χ1) is 10.1. The van der Waals surface area contributed by atoms with Crippen LogP contribution in [0, 0.1) is 6.92 Å². The van der Waals surface area contributed by atoms with E-state index in [1.54, 1.807) is 12.1 Å². The molecule has 0 atom stereocenters. The molecule has 0 aliphatic heterocycles. The van der Waals surface area contributed by atoms with E-state index in [0.717, 1.165) is 21.9 Å². The lowest BCUT2D eigenvalue weighted by atomic mass is 10.0. The molecule has 21 heavy (non-hydrogen) atoms. The number of nitrogens with two attached hydrogens (primary N) is 1. The van der Waals surface area contributed by atoms with Gasteiger partial charge < -0.3 is 10.2 Å². The van der Waals surface area contributed by atoms with Crippen molar-refractivity contribution in [2.45, 2.75) is 6.92 Å². The second kappa shape index (κ2) is 5.14. The molecule has 3 N–H and O–H groups in total. The molecular weight excluding hydrogens is 288 g/mol. The molecule has 2 amide bonds. The van der Waals surface area contributed by atoms with Crippen LogP contribution in [0.15, 0.2) is 46.9 Å². The van der Waals surface area contributed by atoms with Crippen molar-refractivity contribution in [3.05, 3.63) is 53.1 Å². The Morgan fingerprint density at radius 3 is 2.67 bits per heavy atom. The van der Waals surface area contributed by atoms with Crippen LogP contribution in [0.5, 0.6) is 0 Å². The standard InChI is InChI=1S/C16H13ClN2O2/c1-9-4-2-3-5-11(9)14-13-8-10(17)6-7-12(13)15(21-14)19-16(18)20/h2-8H,1H3,(H3,18,19,20). The first-order valence-corrected chi connectivity index (χ1v) is 6.78. The minimum Gasteiger partial charge on any atom is -0.439 e. The van der Waals surface area contributed by atoms with Crippen LogP contribution in [0.3, 0.4) is 0 Å². The number of halogens is 1. The molecule has 4 nitrogen and oxygen atoms in total. The van der Waals surface area contributed by atoms with Crippen molar-refractivity contribution >= 4 is 34.3 Å². The number of anilines is 1. The summed E-state index contributed by atoms with van der Waals surface area (Å²) in [5.41, 5.74) is 7.20. The van der Waals surface area contributed by atoms with Gasteiger partial charge in [-0.15, -0.1) is 0 Å². The lowest BCUT2D eigenvalue weighted by Crippen LogP contribution is -2.18. The first-order valence-electron chi connectivity index (χ1n) is 6.41. The molecule has 1 heterocycles. The number of urea groups is 1. The van der Waals surface area contributed by atoms with Crippen LogP contribution in [0.25, 0.3) is 22.1 Å². The summed E-state index contributed by atoms with van der Waals surface area (Å²) in [4.78, 5) is 11.1. The average Bonchev–Trinajstić information content (AvgIpc) is 2.76. The van der Waals surface area contributed by atoms with E-state index in [1.165, 1.54) is 0 Å². The number of furan rings is 1. The van der Waals surface area contributed by atoms with E-state index in [4.69, 9.17) is 21.8 Å². The van der Waals surface area contributed by atoms with Gasteiger partial charge in [0, 0.05) is 21.4 Å². The summed E-state index contributed by atoms with van der Waals surface area (Å²) in [5, 5.41) is 4.70. The Morgan fingerprint density at radius 2 is 1.95 bits per heavy atom. The number of hydrogen-bond donors (Lipinski definition) is 2. The highest BCUT2D eigenvalue weighted by molar-refractivity contribution is 6.31. The number of benzene rings is 2. The zero-order chi connectivity index (χ0) is 15.0. The van der Waals surface area contributed by atoms with Gasteiger partial charge in [0.05, 0.1) is 0 Å². The van der Waals surface area contributed by atoms with Crippen LogP contribution in [-0.4, -0.2) is 6.03 Å².